The Kier molecular flexibility index (Phi) is 4.21. The van der Waals surface area contributed by atoms with Crippen molar-refractivity contribution < 1.29 is 23.8 Å². The van der Waals surface area contributed by atoms with Gasteiger partial charge in [0.05, 0.1) is 5.69 Å². The Morgan fingerprint density at radius 1 is 1.53 bits per heavy atom. The first-order valence-corrected chi connectivity index (χ1v) is 4.62. The Hall–Kier alpha value is -2.37. The standard InChI is InChI=1S/C11H10FNO4/c1-2-6-17-11(16)13-8-5-3-4-7(12)9(8)10(14)15/h2-5H,1,6H2,(H,13,16)(H,14,15). The third-order valence-electron chi connectivity index (χ3n) is 1.80. The van der Waals surface area contributed by atoms with Crippen molar-refractivity contribution in [1.82, 2.24) is 0 Å². The van der Waals surface area contributed by atoms with Crippen molar-refractivity contribution in [2.45, 2.75) is 0 Å². The molecule has 0 fully saturated rings. The van der Waals surface area contributed by atoms with Gasteiger partial charge in [0.25, 0.3) is 0 Å². The van der Waals surface area contributed by atoms with Crippen LogP contribution in [0, 0.1) is 5.82 Å². The predicted molar refractivity (Wildman–Crippen MR) is 58.5 cm³/mol. The first kappa shape index (κ1) is 12.7. The minimum absolute atomic E-state index is 0.0243. The number of carboxylic acids is 1. The molecule has 0 unspecified atom stereocenters. The van der Waals surface area contributed by atoms with Crippen molar-refractivity contribution in [2.75, 3.05) is 11.9 Å². The number of amides is 1. The number of hydrogen-bond donors (Lipinski definition) is 2. The van der Waals surface area contributed by atoms with Gasteiger partial charge in [0.2, 0.25) is 0 Å². The SMILES string of the molecule is C=CCOC(=O)Nc1cccc(F)c1C(=O)O. The minimum Gasteiger partial charge on any atom is -0.478 e. The number of anilines is 1. The normalized spacial score (nSPS) is 9.47. The van der Waals surface area contributed by atoms with Crippen molar-refractivity contribution in [1.29, 1.82) is 0 Å². The lowest BCUT2D eigenvalue weighted by molar-refractivity contribution is 0.0693. The van der Waals surface area contributed by atoms with Crippen LogP contribution in [0.5, 0.6) is 0 Å². The Labute approximate surface area is 96.5 Å². The molecular formula is C11H10FNO4. The number of benzene rings is 1. The van der Waals surface area contributed by atoms with Crippen LogP contribution in [-0.4, -0.2) is 23.8 Å². The van der Waals surface area contributed by atoms with E-state index in [0.29, 0.717) is 0 Å². The molecule has 0 aliphatic heterocycles. The molecule has 2 N–H and O–H groups in total. The van der Waals surface area contributed by atoms with E-state index in [1.165, 1.54) is 18.2 Å². The number of halogens is 1. The molecule has 1 rings (SSSR count). The third kappa shape index (κ3) is 3.30. The molecule has 0 saturated carbocycles. The number of hydrogen-bond acceptors (Lipinski definition) is 3. The van der Waals surface area contributed by atoms with Crippen LogP contribution < -0.4 is 5.32 Å². The Morgan fingerprint density at radius 2 is 2.24 bits per heavy atom. The van der Waals surface area contributed by atoms with Crippen molar-refractivity contribution in [2.24, 2.45) is 0 Å². The van der Waals surface area contributed by atoms with E-state index in [1.807, 2.05) is 0 Å². The van der Waals surface area contributed by atoms with Crippen LogP contribution in [0.25, 0.3) is 0 Å². The lowest BCUT2D eigenvalue weighted by Crippen LogP contribution is -2.16. The van der Waals surface area contributed by atoms with E-state index in [-0.39, 0.29) is 12.3 Å². The molecule has 0 heterocycles. The molecule has 0 aromatic heterocycles. The molecule has 1 aromatic carbocycles. The van der Waals surface area contributed by atoms with Crippen molar-refractivity contribution >= 4 is 17.7 Å². The molecular weight excluding hydrogens is 229 g/mol. The van der Waals surface area contributed by atoms with Gasteiger partial charge in [-0.15, -0.1) is 0 Å². The molecule has 0 aliphatic rings. The first-order chi connectivity index (χ1) is 8.06. The Balaban J connectivity index is 2.91. The maximum atomic E-state index is 13.2. The number of rotatable bonds is 4. The lowest BCUT2D eigenvalue weighted by atomic mass is 10.1. The minimum atomic E-state index is -1.47. The largest absolute Gasteiger partial charge is 0.478 e. The quantitative estimate of drug-likeness (QED) is 0.790. The number of nitrogens with one attached hydrogen (secondary N) is 1. The molecule has 17 heavy (non-hydrogen) atoms. The van der Waals surface area contributed by atoms with Crippen molar-refractivity contribution in [3.63, 3.8) is 0 Å². The second-order valence-corrected chi connectivity index (χ2v) is 2.98. The second kappa shape index (κ2) is 5.64. The predicted octanol–water partition coefficient (Wildman–Crippen LogP) is 2.26. The highest BCUT2D eigenvalue weighted by molar-refractivity contribution is 5.98. The molecule has 1 amide bonds. The fourth-order valence-corrected chi connectivity index (χ4v) is 1.13. The van der Waals surface area contributed by atoms with Gasteiger partial charge in [-0.25, -0.2) is 14.0 Å². The van der Waals surface area contributed by atoms with Crippen LogP contribution >= 0.6 is 0 Å². The smallest absolute Gasteiger partial charge is 0.411 e. The summed E-state index contributed by atoms with van der Waals surface area (Å²) < 4.78 is 17.8. The van der Waals surface area contributed by atoms with E-state index in [2.05, 4.69) is 16.6 Å². The maximum Gasteiger partial charge on any atom is 0.411 e. The van der Waals surface area contributed by atoms with Gasteiger partial charge in [0.1, 0.15) is 18.0 Å². The van der Waals surface area contributed by atoms with Gasteiger partial charge in [-0.05, 0) is 12.1 Å². The molecule has 90 valence electrons. The van der Waals surface area contributed by atoms with Gasteiger partial charge in [0, 0.05) is 0 Å². The zero-order valence-corrected chi connectivity index (χ0v) is 8.77. The van der Waals surface area contributed by atoms with E-state index in [1.54, 1.807) is 0 Å². The van der Waals surface area contributed by atoms with E-state index in [9.17, 15) is 14.0 Å². The van der Waals surface area contributed by atoms with Gasteiger partial charge in [-0.2, -0.15) is 0 Å². The Bertz CT molecular complexity index is 459. The molecule has 0 saturated heterocycles. The summed E-state index contributed by atoms with van der Waals surface area (Å²) in [6.45, 7) is 3.32. The van der Waals surface area contributed by atoms with Crippen molar-refractivity contribution in [3.8, 4) is 0 Å². The van der Waals surface area contributed by atoms with Crippen LogP contribution in [0.4, 0.5) is 14.9 Å². The highest BCUT2D eigenvalue weighted by Gasteiger charge is 2.17. The lowest BCUT2D eigenvalue weighted by Gasteiger charge is -2.08. The highest BCUT2D eigenvalue weighted by Crippen LogP contribution is 2.19. The first-order valence-electron chi connectivity index (χ1n) is 4.62. The summed E-state index contributed by atoms with van der Waals surface area (Å²) in [5.74, 6) is -2.40. The molecule has 1 aromatic rings. The van der Waals surface area contributed by atoms with Crippen LogP contribution in [0.2, 0.25) is 0 Å². The fourth-order valence-electron chi connectivity index (χ4n) is 1.13. The van der Waals surface area contributed by atoms with Crippen LogP contribution in [0.15, 0.2) is 30.9 Å². The summed E-state index contributed by atoms with van der Waals surface area (Å²) in [5.41, 5.74) is -0.769. The van der Waals surface area contributed by atoms with E-state index < -0.39 is 23.4 Å². The van der Waals surface area contributed by atoms with Crippen LogP contribution in [-0.2, 0) is 4.74 Å². The van der Waals surface area contributed by atoms with Gasteiger partial charge >= 0.3 is 12.1 Å². The molecule has 5 nitrogen and oxygen atoms in total. The average Bonchev–Trinajstić information content (AvgIpc) is 2.25. The van der Waals surface area contributed by atoms with Crippen LogP contribution in [0.3, 0.4) is 0 Å². The zero-order chi connectivity index (χ0) is 12.8. The zero-order valence-electron chi connectivity index (χ0n) is 8.77. The van der Waals surface area contributed by atoms with Gasteiger partial charge in [-0.1, -0.05) is 18.7 Å². The molecule has 0 atom stereocenters. The van der Waals surface area contributed by atoms with E-state index in [4.69, 9.17) is 5.11 Å². The number of ether oxygens (including phenoxy) is 1. The summed E-state index contributed by atoms with van der Waals surface area (Å²) in [4.78, 5) is 22.0. The molecule has 0 aliphatic carbocycles. The van der Waals surface area contributed by atoms with Crippen LogP contribution in [0.1, 0.15) is 10.4 Å². The molecule has 6 heteroatoms. The number of carboxylic acid groups (broad SMARTS) is 1. The highest BCUT2D eigenvalue weighted by atomic mass is 19.1. The van der Waals surface area contributed by atoms with Crippen molar-refractivity contribution in [3.05, 3.63) is 42.2 Å². The fraction of sp³-hybridized carbons (Fsp3) is 0.0909. The monoisotopic (exact) mass is 239 g/mol. The maximum absolute atomic E-state index is 13.2. The van der Waals surface area contributed by atoms with Gasteiger partial charge < -0.3 is 9.84 Å². The van der Waals surface area contributed by atoms with Gasteiger partial charge in [-0.3, -0.25) is 5.32 Å². The summed E-state index contributed by atoms with van der Waals surface area (Å²) in [7, 11) is 0. The molecule has 0 bridgehead atoms. The summed E-state index contributed by atoms with van der Waals surface area (Å²) in [5, 5.41) is 10.9. The number of carbonyl (C=O) groups is 2. The topological polar surface area (TPSA) is 75.6 Å². The summed E-state index contributed by atoms with van der Waals surface area (Å²) >= 11 is 0. The molecule has 0 spiro atoms. The van der Waals surface area contributed by atoms with Gasteiger partial charge in [0.15, 0.2) is 0 Å². The summed E-state index contributed by atoms with van der Waals surface area (Å²) in [6, 6.07) is 3.54. The van der Waals surface area contributed by atoms with E-state index >= 15 is 0 Å². The summed E-state index contributed by atoms with van der Waals surface area (Å²) in [6.07, 6.45) is 0.474. The number of aromatic carboxylic acids is 1. The Morgan fingerprint density at radius 3 is 2.82 bits per heavy atom. The second-order valence-electron chi connectivity index (χ2n) is 2.98. The van der Waals surface area contributed by atoms with E-state index in [0.717, 1.165) is 6.07 Å². The third-order valence-corrected chi connectivity index (χ3v) is 1.80. The molecule has 0 radical (unpaired) electrons. The number of carbonyl (C=O) groups excluding carboxylic acids is 1. The average molecular weight is 239 g/mol.